The van der Waals surface area contributed by atoms with Crippen LogP contribution in [0.1, 0.15) is 170 Å². The Bertz CT molecular complexity index is 3130. The largest absolute Gasteiger partial charge is 0.543 e. The summed E-state index contributed by atoms with van der Waals surface area (Å²) in [7, 11) is -3.96. The zero-order valence-electron chi connectivity index (χ0n) is 49.9. The Hall–Kier alpha value is -6.09. The molecule has 0 saturated heterocycles. The van der Waals surface area contributed by atoms with Crippen LogP contribution in [0, 0.1) is 0 Å². The van der Waals surface area contributed by atoms with E-state index >= 15 is 0 Å². The topological polar surface area (TPSA) is 132 Å². The lowest BCUT2D eigenvalue weighted by atomic mass is 9.64. The summed E-state index contributed by atoms with van der Waals surface area (Å²) < 4.78 is 19.9. The van der Waals surface area contributed by atoms with Gasteiger partial charge in [-0.05, 0) is 189 Å². The van der Waals surface area contributed by atoms with Crippen LogP contribution < -0.4 is 8.85 Å². The number of phenolic OH excluding ortho intramolecular Hbond substituents is 1. The number of phenols is 1. The van der Waals surface area contributed by atoms with Crippen LogP contribution in [0.2, 0.25) is 36.3 Å². The minimum Gasteiger partial charge on any atom is -0.543 e. The molecule has 0 saturated carbocycles. The van der Waals surface area contributed by atoms with Gasteiger partial charge in [-0.1, -0.05) is 139 Å². The highest BCUT2D eigenvalue weighted by Gasteiger charge is 2.43. The molecule has 0 unspecified atom stereocenters. The van der Waals surface area contributed by atoms with E-state index in [1.54, 1.807) is 48.6 Å². The molecule has 0 aromatic heterocycles. The molecule has 78 heavy (non-hydrogen) atoms. The van der Waals surface area contributed by atoms with Gasteiger partial charge in [0, 0.05) is 26.4 Å². The van der Waals surface area contributed by atoms with Gasteiger partial charge in [0.2, 0.25) is 22.5 Å². The van der Waals surface area contributed by atoms with Crippen LogP contribution in [0.4, 0.5) is 0 Å². The van der Waals surface area contributed by atoms with Crippen LogP contribution >= 0.6 is 15.9 Å². The number of benzene rings is 5. The van der Waals surface area contributed by atoms with Crippen molar-refractivity contribution in [3.63, 3.8) is 0 Å². The van der Waals surface area contributed by atoms with Crippen molar-refractivity contribution in [3.05, 3.63) is 187 Å². The van der Waals surface area contributed by atoms with Gasteiger partial charge >= 0.3 is 5.97 Å². The smallest absolute Gasteiger partial charge is 0.336 e. The lowest BCUT2D eigenvalue weighted by Crippen LogP contribution is -2.44. The van der Waals surface area contributed by atoms with E-state index in [0.717, 1.165) is 84.1 Å². The molecule has 2 N–H and O–H groups in total. The highest BCUT2D eigenvalue weighted by atomic mass is 79.9. The zero-order chi connectivity index (χ0) is 58.7. The molecule has 0 radical (unpaired) electrons. The fraction of sp³-hybridized carbons (Fsp3) is 0.394. The lowest BCUT2D eigenvalue weighted by Gasteiger charge is -2.39. The van der Waals surface area contributed by atoms with Gasteiger partial charge in [0.1, 0.15) is 22.8 Å². The normalized spacial score (nSPS) is 16.4. The highest BCUT2D eigenvalue weighted by molar-refractivity contribution is 9.10. The van der Waals surface area contributed by atoms with Gasteiger partial charge in [-0.15, -0.1) is 0 Å². The Balaban J connectivity index is 0.000000222. The number of carbonyl (C=O) groups excluding carboxylic acids is 2. The Morgan fingerprint density at radius 1 is 0.628 bits per heavy atom. The summed E-state index contributed by atoms with van der Waals surface area (Å²) in [6.07, 6.45) is 4.87. The van der Waals surface area contributed by atoms with Crippen molar-refractivity contribution in [1.29, 1.82) is 0 Å². The van der Waals surface area contributed by atoms with Gasteiger partial charge in [0.05, 0.1) is 17.7 Å². The van der Waals surface area contributed by atoms with Gasteiger partial charge in [-0.3, -0.25) is 9.59 Å². The average Bonchev–Trinajstić information content (AvgIpc) is 3.76. The molecule has 4 aliphatic rings. The standard InChI is InChI=1S/C28H42O3Si2.C23H18O4.C11H12BrNO.2C2H6/c1-26(2,3)32(9,10)30-19-13-15-21-23(17-19)28(7,8)24-18-20(14-16-22(24)25(21)29)31-33(11,12)27(4,5)6;1-23(2)19-11-13(24)7-9-17(19)21(18-10-8-14(25)12-20(18)23)15-5-3-4-6-16(15)22(26)27;1-11(2)7-13-10(14-11)8-5-3-4-6-9(8)12;2*1-2/h13-18H,1-12H3;3-12,24H,1-2H3,(H,26,27);3-6H,7H2,1-2H3;2*1-2H3. The summed E-state index contributed by atoms with van der Waals surface area (Å²) in [5.74, 6) is 1.56. The van der Waals surface area contributed by atoms with Crippen LogP contribution in [0.3, 0.4) is 0 Å². The molecular weight excluding hydrogens is 1070 g/mol. The van der Waals surface area contributed by atoms with E-state index < -0.39 is 28.0 Å². The number of fused-ring (bicyclic) bond motifs is 4. The third-order valence-electron chi connectivity index (χ3n) is 15.6. The van der Waals surface area contributed by atoms with E-state index in [2.05, 4.69) is 115 Å². The number of hydrogen-bond donors (Lipinski definition) is 2. The monoisotopic (exact) mass is 1150 g/mol. The number of ketones is 2. The minimum atomic E-state index is -1.98. The summed E-state index contributed by atoms with van der Waals surface area (Å²) in [5.41, 5.74) is 8.55. The number of ether oxygens (including phenoxy) is 1. The summed E-state index contributed by atoms with van der Waals surface area (Å²) >= 11 is 3.48. The molecule has 0 fully saturated rings. The van der Waals surface area contributed by atoms with Gasteiger partial charge in [-0.25, -0.2) is 9.79 Å². The molecule has 3 aliphatic carbocycles. The second-order valence-corrected chi connectivity index (χ2v) is 34.6. The van der Waals surface area contributed by atoms with Crippen molar-refractivity contribution in [2.24, 2.45) is 4.99 Å². The van der Waals surface area contributed by atoms with E-state index in [1.165, 1.54) is 6.08 Å². The molecule has 9 rings (SSSR count). The number of nitrogens with zero attached hydrogens (tertiary/aromatic N) is 1. The van der Waals surface area contributed by atoms with Gasteiger partial charge in [0.15, 0.2) is 11.6 Å². The van der Waals surface area contributed by atoms with Crippen molar-refractivity contribution < 1.29 is 38.2 Å². The first-order valence-electron chi connectivity index (χ1n) is 27.2. The van der Waals surface area contributed by atoms with Gasteiger partial charge < -0.3 is 23.8 Å². The predicted molar refractivity (Wildman–Crippen MR) is 330 cm³/mol. The number of rotatable bonds is 7. The maximum Gasteiger partial charge on any atom is 0.336 e. The molecule has 0 bridgehead atoms. The Morgan fingerprint density at radius 2 is 1.10 bits per heavy atom. The molecule has 12 heteroatoms. The van der Waals surface area contributed by atoms with Crippen LogP contribution in [-0.4, -0.2) is 62.4 Å². The molecule has 0 spiro atoms. The van der Waals surface area contributed by atoms with Crippen LogP contribution in [-0.2, 0) is 20.4 Å². The summed E-state index contributed by atoms with van der Waals surface area (Å²) in [4.78, 5) is 41.7. The van der Waals surface area contributed by atoms with Crippen LogP contribution in [0.15, 0.2) is 142 Å². The lowest BCUT2D eigenvalue weighted by molar-refractivity contribution is -0.110. The van der Waals surface area contributed by atoms with Crippen LogP contribution in [0.5, 0.6) is 17.2 Å². The van der Waals surface area contributed by atoms with Crippen LogP contribution in [0.25, 0.3) is 5.57 Å². The number of carbonyl (C=O) groups is 3. The number of hydrogen-bond acceptors (Lipinski definition) is 8. The van der Waals surface area contributed by atoms with E-state index in [1.807, 2.05) is 110 Å². The highest BCUT2D eigenvalue weighted by Crippen LogP contribution is 2.51. The quantitative estimate of drug-likeness (QED) is 0.154. The van der Waals surface area contributed by atoms with Crippen molar-refractivity contribution in [1.82, 2.24) is 0 Å². The predicted octanol–water partition coefficient (Wildman–Crippen LogP) is 17.6. The zero-order valence-corrected chi connectivity index (χ0v) is 53.5. The fourth-order valence-electron chi connectivity index (χ4n) is 9.15. The van der Waals surface area contributed by atoms with E-state index in [9.17, 15) is 24.6 Å². The van der Waals surface area contributed by atoms with E-state index in [4.69, 9.17) is 13.6 Å². The number of halogens is 1. The second-order valence-electron chi connectivity index (χ2n) is 24.3. The molecule has 0 amide bonds. The van der Waals surface area contributed by atoms with E-state index in [0.29, 0.717) is 5.56 Å². The first kappa shape index (κ1) is 62.8. The van der Waals surface area contributed by atoms with Crippen molar-refractivity contribution >= 4 is 61.6 Å². The number of allylic oxidation sites excluding steroid dienone is 5. The van der Waals surface area contributed by atoms with Gasteiger partial charge in [0.25, 0.3) is 0 Å². The molecular formula is C66H84BrNO8Si2. The third-order valence-corrected chi connectivity index (χ3v) is 25.0. The number of aliphatic imine (C=N–C) groups is 1. The molecule has 5 aromatic rings. The molecule has 9 nitrogen and oxygen atoms in total. The summed E-state index contributed by atoms with van der Waals surface area (Å²) in [5, 5.41) is 20.0. The van der Waals surface area contributed by atoms with Crippen molar-refractivity contribution in [3.8, 4) is 17.2 Å². The molecule has 5 aromatic carbocycles. The maximum absolute atomic E-state index is 13.4. The van der Waals surface area contributed by atoms with Crippen molar-refractivity contribution in [2.45, 2.75) is 163 Å². The SMILES string of the molecule is CC.CC.CC1(C)C2=CC(=O)C=CC2=C(c2ccccc2C(=O)O)c2ccc(O)cc21.CC1(C)CN=C(c2ccccc2Br)O1.CC1(C)c2cc(O[Si](C)(C)C(C)(C)C)ccc2C(=O)c2ccc(O[Si](C)(C)C(C)(C)C)cc21. The Labute approximate surface area is 476 Å². The van der Waals surface area contributed by atoms with E-state index in [-0.39, 0.29) is 44.0 Å². The number of aromatic carboxylic acids is 1. The first-order valence-corrected chi connectivity index (χ1v) is 33.8. The number of aromatic hydroxyl groups is 1. The molecule has 0 atom stereocenters. The first-order chi connectivity index (χ1) is 36.2. The van der Waals surface area contributed by atoms with Gasteiger partial charge in [-0.2, -0.15) is 0 Å². The van der Waals surface area contributed by atoms with Crippen molar-refractivity contribution in [2.75, 3.05) is 6.54 Å². The molecule has 1 heterocycles. The minimum absolute atomic E-state index is 0.0806. The number of carboxylic acid groups (broad SMARTS) is 1. The average molecular weight is 1160 g/mol. The Kier molecular flexibility index (Phi) is 19.1. The Morgan fingerprint density at radius 3 is 1.58 bits per heavy atom. The maximum atomic E-state index is 13.4. The fourth-order valence-corrected chi connectivity index (χ4v) is 11.6. The third kappa shape index (κ3) is 13.1. The second kappa shape index (κ2) is 23.7. The number of carboxylic acids is 1. The molecule has 416 valence electrons. The summed E-state index contributed by atoms with van der Waals surface area (Å²) in [6, 6.07) is 31.9. The summed E-state index contributed by atoms with van der Waals surface area (Å²) in [6.45, 7) is 43.7. The molecule has 1 aliphatic heterocycles.